The van der Waals surface area contributed by atoms with Gasteiger partial charge in [0, 0.05) is 72.6 Å². The maximum atomic E-state index is 11.0. The second kappa shape index (κ2) is 15.3. The molecule has 6 rings (SSSR count). The van der Waals surface area contributed by atoms with Gasteiger partial charge in [-0.25, -0.2) is 9.98 Å². The lowest BCUT2D eigenvalue weighted by Gasteiger charge is -2.38. The van der Waals surface area contributed by atoms with Gasteiger partial charge in [-0.2, -0.15) is 0 Å². The Hall–Kier alpha value is -4.58. The van der Waals surface area contributed by atoms with E-state index in [0.717, 1.165) is 73.5 Å². The number of allylic oxidation sites excluding steroid dienone is 1. The van der Waals surface area contributed by atoms with E-state index in [-0.39, 0.29) is 5.54 Å². The van der Waals surface area contributed by atoms with E-state index in [2.05, 4.69) is 80.3 Å². The van der Waals surface area contributed by atoms with E-state index in [0.29, 0.717) is 24.0 Å². The molecule has 2 aromatic carbocycles. The molecule has 1 saturated heterocycles. The Morgan fingerprint density at radius 2 is 1.74 bits per heavy atom. The average molecular weight is 628 g/mol. The van der Waals surface area contributed by atoms with Crippen molar-refractivity contribution in [2.45, 2.75) is 56.5 Å². The molecule has 0 atom stereocenters. The number of anilines is 1. The molecule has 3 fully saturated rings. The monoisotopic (exact) mass is 627 g/mol. The summed E-state index contributed by atoms with van der Waals surface area (Å²) in [7, 11) is 2.22. The number of hydrogen-bond donors (Lipinski definition) is 2. The Morgan fingerprint density at radius 3 is 2.43 bits per heavy atom. The number of nitrogens with one attached hydrogen (secondary N) is 2. The summed E-state index contributed by atoms with van der Waals surface area (Å²) >= 11 is 0. The van der Waals surface area contributed by atoms with Gasteiger partial charge >= 0.3 is 0 Å². The third-order valence-electron chi connectivity index (χ3n) is 9.66. The van der Waals surface area contributed by atoms with Gasteiger partial charge in [0.2, 0.25) is 0 Å². The number of aromatic nitrogens is 1. The molecule has 0 bridgehead atoms. The lowest BCUT2D eigenvalue weighted by Crippen LogP contribution is -2.49. The SMILES string of the molecule is C=N/C(NC1CCCCC1)=C(\C=N/CNc1ccc(C#Cc2cc(C=O)ccn2)cc1)c1ccc(C2(N3CCN(C)CC3)CC2)cc1. The largest absolute Gasteiger partial charge is 0.367 e. The second-order valence-electron chi connectivity index (χ2n) is 12.9. The van der Waals surface area contributed by atoms with E-state index in [9.17, 15) is 4.79 Å². The minimum Gasteiger partial charge on any atom is -0.367 e. The van der Waals surface area contributed by atoms with Gasteiger partial charge in [0.1, 0.15) is 24.5 Å². The number of hydrogen-bond acceptors (Lipinski definition) is 8. The molecule has 2 heterocycles. The molecule has 2 N–H and O–H groups in total. The number of aliphatic imine (C=N–C) groups is 2. The summed E-state index contributed by atoms with van der Waals surface area (Å²) < 4.78 is 0. The van der Waals surface area contributed by atoms with Crippen molar-refractivity contribution in [2.75, 3.05) is 45.2 Å². The van der Waals surface area contributed by atoms with Crippen molar-refractivity contribution in [1.82, 2.24) is 20.1 Å². The molecule has 47 heavy (non-hydrogen) atoms. The van der Waals surface area contributed by atoms with E-state index >= 15 is 0 Å². The third kappa shape index (κ3) is 8.23. The summed E-state index contributed by atoms with van der Waals surface area (Å²) in [5, 5.41) is 7.09. The predicted molar refractivity (Wildman–Crippen MR) is 192 cm³/mol. The highest BCUT2D eigenvalue weighted by molar-refractivity contribution is 6.11. The van der Waals surface area contributed by atoms with Crippen molar-refractivity contribution >= 4 is 30.5 Å². The van der Waals surface area contributed by atoms with Gasteiger partial charge in [0.05, 0.1) is 0 Å². The first-order valence-corrected chi connectivity index (χ1v) is 16.9. The first kappa shape index (κ1) is 32.4. The van der Waals surface area contributed by atoms with Crippen molar-refractivity contribution in [1.29, 1.82) is 0 Å². The van der Waals surface area contributed by atoms with Gasteiger partial charge in [0.15, 0.2) is 0 Å². The lowest BCUT2D eigenvalue weighted by atomic mass is 9.95. The third-order valence-corrected chi connectivity index (χ3v) is 9.66. The number of aldehydes is 1. The Balaban J connectivity index is 1.15. The van der Waals surface area contributed by atoms with E-state index < -0.39 is 0 Å². The first-order chi connectivity index (χ1) is 23.1. The van der Waals surface area contributed by atoms with E-state index in [1.54, 1.807) is 18.3 Å². The van der Waals surface area contributed by atoms with Crippen LogP contribution in [-0.2, 0) is 5.54 Å². The first-order valence-electron chi connectivity index (χ1n) is 16.9. The zero-order chi connectivity index (χ0) is 32.5. The number of piperazine rings is 1. The van der Waals surface area contributed by atoms with E-state index in [1.165, 1.54) is 37.7 Å². The van der Waals surface area contributed by atoms with Crippen molar-refractivity contribution in [3.63, 3.8) is 0 Å². The zero-order valence-corrected chi connectivity index (χ0v) is 27.4. The average Bonchev–Trinajstić information content (AvgIpc) is 3.94. The molecule has 0 spiro atoms. The number of carbonyl (C=O) groups excluding carboxylic acids is 1. The highest BCUT2D eigenvalue weighted by atomic mass is 16.1. The fourth-order valence-corrected chi connectivity index (χ4v) is 6.69. The molecular weight excluding hydrogens is 582 g/mol. The molecule has 3 aromatic rings. The van der Waals surface area contributed by atoms with E-state index in [4.69, 9.17) is 4.99 Å². The van der Waals surface area contributed by atoms with Gasteiger partial charge in [-0.3, -0.25) is 14.7 Å². The predicted octanol–water partition coefficient (Wildman–Crippen LogP) is 5.96. The zero-order valence-electron chi connectivity index (χ0n) is 27.4. The summed E-state index contributed by atoms with van der Waals surface area (Å²) in [5.41, 5.74) is 6.60. The number of likely N-dealkylation sites (N-methyl/N-ethyl adjacent to an activating group) is 1. The summed E-state index contributed by atoms with van der Waals surface area (Å²) in [4.78, 5) is 29.6. The smallest absolute Gasteiger partial charge is 0.150 e. The molecule has 0 amide bonds. The van der Waals surface area contributed by atoms with Crippen LogP contribution in [0.4, 0.5) is 5.69 Å². The lowest BCUT2D eigenvalue weighted by molar-refractivity contribution is 0.0976. The number of nitrogens with zero attached hydrogens (tertiary/aromatic N) is 5. The summed E-state index contributed by atoms with van der Waals surface area (Å²) in [6, 6.07) is 20.7. The van der Waals surface area contributed by atoms with Crippen LogP contribution in [0, 0.1) is 11.8 Å². The molecule has 1 aromatic heterocycles. The van der Waals surface area contributed by atoms with Crippen LogP contribution in [0.5, 0.6) is 0 Å². The van der Waals surface area contributed by atoms with Crippen LogP contribution >= 0.6 is 0 Å². The number of rotatable bonds is 11. The Labute approximate surface area is 279 Å². The van der Waals surface area contributed by atoms with Gasteiger partial charge in [-0.1, -0.05) is 49.4 Å². The van der Waals surface area contributed by atoms with Crippen molar-refractivity contribution < 1.29 is 4.79 Å². The van der Waals surface area contributed by atoms with Crippen LogP contribution < -0.4 is 10.6 Å². The van der Waals surface area contributed by atoms with Crippen LogP contribution in [-0.4, -0.2) is 79.9 Å². The van der Waals surface area contributed by atoms with Crippen LogP contribution in [0.3, 0.4) is 0 Å². The molecule has 2 aliphatic carbocycles. The normalized spacial score (nSPS) is 18.9. The topological polar surface area (TPSA) is 85.2 Å². The van der Waals surface area contributed by atoms with Gasteiger partial charge in [-0.15, -0.1) is 0 Å². The molecule has 8 nitrogen and oxygen atoms in total. The molecule has 0 radical (unpaired) electrons. The van der Waals surface area contributed by atoms with Gasteiger partial charge in [-0.05, 0) is 92.9 Å². The molecule has 3 aliphatic rings. The molecular formula is C39H45N7O. The quantitative estimate of drug-likeness (QED) is 0.155. The fraction of sp³-hybridized carbons (Fsp3) is 0.385. The number of carbonyl (C=O) groups is 1. The molecule has 242 valence electrons. The van der Waals surface area contributed by atoms with Gasteiger partial charge < -0.3 is 15.5 Å². The fourth-order valence-electron chi connectivity index (χ4n) is 6.69. The second-order valence-corrected chi connectivity index (χ2v) is 12.9. The number of benzene rings is 2. The van der Waals surface area contributed by atoms with Crippen LogP contribution in [0.15, 0.2) is 82.7 Å². The highest BCUT2D eigenvalue weighted by Gasteiger charge is 2.49. The minimum atomic E-state index is 0.195. The van der Waals surface area contributed by atoms with Crippen molar-refractivity contribution in [3.8, 4) is 11.8 Å². The summed E-state index contributed by atoms with van der Waals surface area (Å²) in [5.74, 6) is 6.93. The minimum absolute atomic E-state index is 0.195. The van der Waals surface area contributed by atoms with E-state index in [1.807, 2.05) is 30.5 Å². The molecule has 1 aliphatic heterocycles. The Kier molecular flexibility index (Phi) is 10.6. The maximum absolute atomic E-state index is 11.0. The Morgan fingerprint density at radius 1 is 1.00 bits per heavy atom. The molecule has 8 heteroatoms. The highest BCUT2D eigenvalue weighted by Crippen LogP contribution is 2.51. The van der Waals surface area contributed by atoms with Crippen LogP contribution in [0.25, 0.3) is 5.57 Å². The molecule has 2 saturated carbocycles. The Bertz CT molecular complexity index is 1650. The summed E-state index contributed by atoms with van der Waals surface area (Å²) in [6.45, 7) is 8.88. The molecule has 0 unspecified atom stereocenters. The van der Waals surface area contributed by atoms with Crippen LogP contribution in [0.1, 0.15) is 77.7 Å². The van der Waals surface area contributed by atoms with Crippen molar-refractivity contribution in [3.05, 3.63) is 101 Å². The standard InChI is InChI=1S/C39H45N7O/c1-40-38(44-35-6-4-3-5-7-35)37(32-11-13-33(14-12-32)39(19-20-39)46-24-22-45(2)23-25-46)27-41-29-43-34-15-8-30(9-16-34)10-17-36-26-31(28-47)18-21-42-36/h8-9,11-16,18,21,26-28,35,43-44H,1,3-7,19-20,22-25,29H2,2H3/b38-37-,41-27-. The number of pyridine rings is 1. The van der Waals surface area contributed by atoms with Gasteiger partial charge in [0.25, 0.3) is 0 Å². The van der Waals surface area contributed by atoms with Crippen molar-refractivity contribution in [2.24, 2.45) is 9.98 Å². The van der Waals surface area contributed by atoms with Crippen LogP contribution in [0.2, 0.25) is 0 Å². The summed E-state index contributed by atoms with van der Waals surface area (Å²) in [6.07, 6.45) is 12.9. The maximum Gasteiger partial charge on any atom is 0.150 e.